The standard InChI is InChI=1S/C21H22Cl2N2O4/c1-12-5-13(3-4-18(12)20(28)24-10-17(27)11-26)19-9-21(2,29-25-19)14-6-15(22)8-16(23)7-14/h3-9,17,25-27H,10-11H2,1-2H3,(H,24,28). The molecule has 0 aromatic heterocycles. The molecule has 29 heavy (non-hydrogen) atoms. The number of rotatable bonds is 6. The van der Waals surface area contributed by atoms with Crippen LogP contribution in [0.2, 0.25) is 10.0 Å². The first kappa shape index (κ1) is 21.6. The molecule has 1 heterocycles. The molecule has 1 amide bonds. The van der Waals surface area contributed by atoms with Gasteiger partial charge in [-0.1, -0.05) is 29.3 Å². The number of carbonyl (C=O) groups is 1. The summed E-state index contributed by atoms with van der Waals surface area (Å²) in [6, 6.07) is 10.6. The van der Waals surface area contributed by atoms with E-state index in [0.717, 1.165) is 22.4 Å². The summed E-state index contributed by atoms with van der Waals surface area (Å²) in [4.78, 5) is 18.1. The molecule has 3 rings (SSSR count). The van der Waals surface area contributed by atoms with E-state index in [4.69, 9.17) is 33.1 Å². The molecule has 2 atom stereocenters. The molecule has 0 fully saturated rings. The highest BCUT2D eigenvalue weighted by molar-refractivity contribution is 6.34. The Hall–Kier alpha value is -2.09. The Morgan fingerprint density at radius 3 is 2.55 bits per heavy atom. The van der Waals surface area contributed by atoms with E-state index in [1.807, 2.05) is 32.1 Å². The van der Waals surface area contributed by atoms with Crippen LogP contribution in [-0.2, 0) is 10.4 Å². The number of nitrogens with one attached hydrogen (secondary N) is 2. The Bertz CT molecular complexity index is 943. The maximum absolute atomic E-state index is 12.3. The van der Waals surface area contributed by atoms with Crippen LogP contribution in [0.1, 0.15) is 34.0 Å². The van der Waals surface area contributed by atoms with Gasteiger partial charge in [0.15, 0.2) is 0 Å². The zero-order chi connectivity index (χ0) is 21.2. The molecule has 0 spiro atoms. The van der Waals surface area contributed by atoms with Gasteiger partial charge in [0.1, 0.15) is 5.60 Å². The molecule has 0 saturated carbocycles. The van der Waals surface area contributed by atoms with Crippen LogP contribution in [0.25, 0.3) is 5.70 Å². The van der Waals surface area contributed by atoms with E-state index in [1.165, 1.54) is 0 Å². The third kappa shape index (κ3) is 4.91. The molecule has 1 aliphatic rings. The molecule has 2 aromatic carbocycles. The Morgan fingerprint density at radius 2 is 1.93 bits per heavy atom. The Balaban J connectivity index is 1.81. The van der Waals surface area contributed by atoms with Crippen LogP contribution in [0.15, 0.2) is 42.5 Å². The van der Waals surface area contributed by atoms with Gasteiger partial charge in [0.25, 0.3) is 5.91 Å². The smallest absolute Gasteiger partial charge is 0.251 e. The zero-order valence-electron chi connectivity index (χ0n) is 16.0. The van der Waals surface area contributed by atoms with Crippen LogP contribution in [0.3, 0.4) is 0 Å². The largest absolute Gasteiger partial charge is 0.394 e. The van der Waals surface area contributed by atoms with Gasteiger partial charge in [-0.2, -0.15) is 0 Å². The average molecular weight is 437 g/mol. The minimum Gasteiger partial charge on any atom is -0.394 e. The van der Waals surface area contributed by atoms with Gasteiger partial charge in [0.2, 0.25) is 0 Å². The first-order chi connectivity index (χ1) is 13.7. The molecular weight excluding hydrogens is 415 g/mol. The van der Waals surface area contributed by atoms with Crippen molar-refractivity contribution in [3.8, 4) is 0 Å². The number of amides is 1. The molecule has 0 saturated heterocycles. The second-order valence-electron chi connectivity index (χ2n) is 7.10. The number of carbonyl (C=O) groups excluding carboxylic acids is 1. The number of aliphatic hydroxyl groups is 2. The number of hydroxylamine groups is 1. The van der Waals surface area contributed by atoms with Crippen molar-refractivity contribution in [3.63, 3.8) is 0 Å². The molecule has 0 aliphatic carbocycles. The minimum absolute atomic E-state index is 0.0162. The SMILES string of the molecule is Cc1cc(C2=CC(C)(c3cc(Cl)cc(Cl)c3)ON2)ccc1C(=O)NCC(O)CO. The third-order valence-corrected chi connectivity index (χ3v) is 5.16. The number of benzene rings is 2. The summed E-state index contributed by atoms with van der Waals surface area (Å²) in [7, 11) is 0. The molecule has 4 N–H and O–H groups in total. The maximum atomic E-state index is 12.3. The molecule has 2 aromatic rings. The number of aliphatic hydroxyl groups excluding tert-OH is 2. The van der Waals surface area contributed by atoms with Crippen molar-refractivity contribution in [2.75, 3.05) is 13.2 Å². The highest BCUT2D eigenvalue weighted by atomic mass is 35.5. The maximum Gasteiger partial charge on any atom is 0.251 e. The van der Waals surface area contributed by atoms with Crippen LogP contribution in [0.5, 0.6) is 0 Å². The molecule has 6 nitrogen and oxygen atoms in total. The summed E-state index contributed by atoms with van der Waals surface area (Å²) in [5, 5.41) is 21.9. The Labute approximate surface area is 179 Å². The highest BCUT2D eigenvalue weighted by Gasteiger charge is 2.33. The number of hydrogen-bond acceptors (Lipinski definition) is 5. The fraction of sp³-hybridized carbons (Fsp3) is 0.286. The van der Waals surface area contributed by atoms with E-state index < -0.39 is 18.3 Å². The lowest BCUT2D eigenvalue weighted by Crippen LogP contribution is -2.34. The van der Waals surface area contributed by atoms with Crippen LogP contribution < -0.4 is 10.8 Å². The van der Waals surface area contributed by atoms with Gasteiger partial charge in [-0.15, -0.1) is 0 Å². The van der Waals surface area contributed by atoms with Crippen LogP contribution in [-0.4, -0.2) is 35.4 Å². The van der Waals surface area contributed by atoms with Crippen molar-refractivity contribution >= 4 is 34.8 Å². The van der Waals surface area contributed by atoms with E-state index in [1.54, 1.807) is 24.3 Å². The van der Waals surface area contributed by atoms with Gasteiger partial charge >= 0.3 is 0 Å². The lowest BCUT2D eigenvalue weighted by molar-refractivity contribution is -0.0250. The van der Waals surface area contributed by atoms with Crippen molar-refractivity contribution in [3.05, 3.63) is 74.8 Å². The van der Waals surface area contributed by atoms with Gasteiger partial charge in [-0.3, -0.25) is 15.1 Å². The molecule has 0 bridgehead atoms. The summed E-state index contributed by atoms with van der Waals surface area (Å²) < 4.78 is 0. The molecule has 154 valence electrons. The first-order valence-electron chi connectivity index (χ1n) is 9.03. The fourth-order valence-electron chi connectivity index (χ4n) is 3.08. The Morgan fingerprint density at radius 1 is 1.24 bits per heavy atom. The molecule has 1 aliphatic heterocycles. The van der Waals surface area contributed by atoms with Gasteiger partial charge < -0.3 is 15.5 Å². The normalized spacial score (nSPS) is 19.4. The van der Waals surface area contributed by atoms with Crippen molar-refractivity contribution in [1.82, 2.24) is 10.8 Å². The zero-order valence-corrected chi connectivity index (χ0v) is 17.5. The highest BCUT2D eigenvalue weighted by Crippen LogP contribution is 2.37. The number of aryl methyl sites for hydroxylation is 1. The summed E-state index contributed by atoms with van der Waals surface area (Å²) in [6.07, 6.45) is 0.947. The van der Waals surface area contributed by atoms with Crippen molar-refractivity contribution in [2.24, 2.45) is 0 Å². The fourth-order valence-corrected chi connectivity index (χ4v) is 3.60. The van der Waals surface area contributed by atoms with E-state index in [-0.39, 0.29) is 12.5 Å². The Kier molecular flexibility index (Phi) is 6.51. The molecular formula is C21H22Cl2N2O4. The second kappa shape index (κ2) is 8.73. The van der Waals surface area contributed by atoms with Crippen molar-refractivity contribution in [2.45, 2.75) is 25.6 Å². The first-order valence-corrected chi connectivity index (χ1v) is 9.79. The quantitative estimate of drug-likeness (QED) is 0.558. The van der Waals surface area contributed by atoms with Gasteiger partial charge in [-0.05, 0) is 66.9 Å². The summed E-state index contributed by atoms with van der Waals surface area (Å²) >= 11 is 12.2. The molecule has 2 unspecified atom stereocenters. The van der Waals surface area contributed by atoms with E-state index >= 15 is 0 Å². The second-order valence-corrected chi connectivity index (χ2v) is 7.98. The number of halogens is 2. The summed E-state index contributed by atoms with van der Waals surface area (Å²) in [5.74, 6) is -0.315. The average Bonchev–Trinajstić information content (AvgIpc) is 3.08. The minimum atomic E-state index is -0.985. The monoisotopic (exact) mass is 436 g/mol. The van der Waals surface area contributed by atoms with Crippen molar-refractivity contribution < 1.29 is 19.8 Å². The number of hydrogen-bond donors (Lipinski definition) is 4. The van der Waals surface area contributed by atoms with Gasteiger partial charge in [0.05, 0.1) is 18.4 Å². The summed E-state index contributed by atoms with van der Waals surface area (Å²) in [5.41, 5.74) is 5.86. The topological polar surface area (TPSA) is 90.8 Å². The van der Waals surface area contributed by atoms with Gasteiger partial charge in [0, 0.05) is 22.2 Å². The van der Waals surface area contributed by atoms with Crippen LogP contribution >= 0.6 is 23.2 Å². The predicted molar refractivity (Wildman–Crippen MR) is 113 cm³/mol. The third-order valence-electron chi connectivity index (χ3n) is 4.72. The molecule has 8 heteroatoms. The van der Waals surface area contributed by atoms with Crippen LogP contribution in [0, 0.1) is 6.92 Å². The van der Waals surface area contributed by atoms with Crippen molar-refractivity contribution in [1.29, 1.82) is 0 Å². The van der Waals surface area contributed by atoms with E-state index in [9.17, 15) is 9.90 Å². The lowest BCUT2D eigenvalue weighted by Gasteiger charge is -2.21. The van der Waals surface area contributed by atoms with Gasteiger partial charge in [-0.25, -0.2) is 0 Å². The van der Waals surface area contributed by atoms with Crippen LogP contribution in [0.4, 0.5) is 0 Å². The molecule has 0 radical (unpaired) electrons. The predicted octanol–water partition coefficient (Wildman–Crippen LogP) is 3.18. The van der Waals surface area contributed by atoms with E-state index in [0.29, 0.717) is 15.6 Å². The van der Waals surface area contributed by atoms with E-state index in [2.05, 4.69) is 10.8 Å². The lowest BCUT2D eigenvalue weighted by atomic mass is 9.94. The summed E-state index contributed by atoms with van der Waals surface area (Å²) in [6.45, 7) is 3.30.